The summed E-state index contributed by atoms with van der Waals surface area (Å²) >= 11 is 0. The van der Waals surface area contributed by atoms with Gasteiger partial charge in [-0.3, -0.25) is 4.79 Å². The molecule has 138 valence electrons. The summed E-state index contributed by atoms with van der Waals surface area (Å²) in [5.41, 5.74) is 6.91. The van der Waals surface area contributed by atoms with E-state index in [1.54, 1.807) is 6.92 Å². The van der Waals surface area contributed by atoms with Crippen LogP contribution in [0.25, 0.3) is 0 Å². The SMILES string of the molecule is CCCC/C(=N\NC(=O)C(C)Oc1ccc(C)c(C)c1)c1ccccc1. The lowest BCUT2D eigenvalue weighted by Gasteiger charge is -2.15. The first kappa shape index (κ1) is 19.7. The van der Waals surface area contributed by atoms with Crippen LogP contribution in [0.3, 0.4) is 0 Å². The third-order valence-corrected chi connectivity index (χ3v) is 4.34. The van der Waals surface area contributed by atoms with E-state index in [9.17, 15) is 4.79 Å². The molecule has 0 radical (unpaired) electrons. The number of ether oxygens (including phenoxy) is 1. The fraction of sp³-hybridized carbons (Fsp3) is 0.364. The highest BCUT2D eigenvalue weighted by atomic mass is 16.5. The second-order valence-corrected chi connectivity index (χ2v) is 6.51. The molecule has 0 aliphatic carbocycles. The van der Waals surface area contributed by atoms with Crippen LogP contribution in [-0.4, -0.2) is 17.7 Å². The molecule has 0 saturated heterocycles. The van der Waals surface area contributed by atoms with Gasteiger partial charge in [0.05, 0.1) is 5.71 Å². The van der Waals surface area contributed by atoms with Gasteiger partial charge in [-0.1, -0.05) is 49.7 Å². The van der Waals surface area contributed by atoms with Gasteiger partial charge in [-0.25, -0.2) is 5.43 Å². The van der Waals surface area contributed by atoms with Crippen molar-refractivity contribution in [2.75, 3.05) is 0 Å². The van der Waals surface area contributed by atoms with Crippen molar-refractivity contribution in [1.29, 1.82) is 0 Å². The monoisotopic (exact) mass is 352 g/mol. The standard InChI is InChI=1S/C22H28N2O2/c1-5-6-12-21(19-10-8-7-9-11-19)23-24-22(25)18(4)26-20-14-13-16(2)17(3)15-20/h7-11,13-15,18H,5-6,12H2,1-4H3,(H,24,25)/b23-21+. The summed E-state index contributed by atoms with van der Waals surface area (Å²) in [7, 11) is 0. The van der Waals surface area contributed by atoms with Crippen molar-refractivity contribution in [2.45, 2.75) is 53.1 Å². The Morgan fingerprint density at radius 1 is 1.12 bits per heavy atom. The normalized spacial score (nSPS) is 12.5. The number of nitrogens with one attached hydrogen (secondary N) is 1. The summed E-state index contributed by atoms with van der Waals surface area (Å²) in [6, 6.07) is 15.8. The van der Waals surface area contributed by atoms with Gasteiger partial charge >= 0.3 is 0 Å². The minimum atomic E-state index is -0.621. The lowest BCUT2D eigenvalue weighted by atomic mass is 10.1. The molecule has 2 aromatic rings. The number of aryl methyl sites for hydroxylation is 2. The van der Waals surface area contributed by atoms with Gasteiger partial charge < -0.3 is 4.74 Å². The average molecular weight is 352 g/mol. The number of unbranched alkanes of at least 4 members (excludes halogenated alkanes) is 1. The van der Waals surface area contributed by atoms with Gasteiger partial charge in [-0.2, -0.15) is 5.10 Å². The van der Waals surface area contributed by atoms with E-state index in [0.717, 1.165) is 36.1 Å². The maximum absolute atomic E-state index is 12.4. The van der Waals surface area contributed by atoms with Gasteiger partial charge in [-0.15, -0.1) is 0 Å². The van der Waals surface area contributed by atoms with Crippen LogP contribution in [0.5, 0.6) is 5.75 Å². The number of carbonyl (C=O) groups is 1. The summed E-state index contributed by atoms with van der Waals surface area (Å²) in [5.74, 6) is 0.433. The molecule has 4 heteroatoms. The fourth-order valence-corrected chi connectivity index (χ4v) is 2.50. The molecular formula is C22H28N2O2. The number of amides is 1. The molecule has 1 unspecified atom stereocenters. The molecule has 0 fully saturated rings. The predicted octanol–water partition coefficient (Wildman–Crippen LogP) is 4.78. The van der Waals surface area contributed by atoms with E-state index in [2.05, 4.69) is 17.5 Å². The molecule has 0 aliphatic rings. The molecule has 26 heavy (non-hydrogen) atoms. The number of carbonyl (C=O) groups excluding carboxylic acids is 1. The van der Waals surface area contributed by atoms with Crippen molar-refractivity contribution >= 4 is 11.6 Å². The van der Waals surface area contributed by atoms with Crippen molar-refractivity contribution in [3.05, 3.63) is 65.2 Å². The second kappa shape index (κ2) is 9.76. The molecule has 0 spiro atoms. The molecule has 2 aromatic carbocycles. The molecule has 0 saturated carbocycles. The molecule has 0 aromatic heterocycles. The van der Waals surface area contributed by atoms with E-state index in [1.165, 1.54) is 5.56 Å². The van der Waals surface area contributed by atoms with Crippen LogP contribution < -0.4 is 10.2 Å². The summed E-state index contributed by atoms with van der Waals surface area (Å²) in [6.07, 6.45) is 2.31. The summed E-state index contributed by atoms with van der Waals surface area (Å²) in [6.45, 7) is 7.94. The van der Waals surface area contributed by atoms with Crippen LogP contribution in [-0.2, 0) is 4.79 Å². The first-order chi connectivity index (χ1) is 12.5. The highest BCUT2D eigenvalue weighted by Crippen LogP contribution is 2.17. The van der Waals surface area contributed by atoms with Gasteiger partial charge in [-0.05, 0) is 62.4 Å². The minimum absolute atomic E-state index is 0.256. The maximum Gasteiger partial charge on any atom is 0.280 e. The van der Waals surface area contributed by atoms with Gasteiger partial charge in [0, 0.05) is 0 Å². The van der Waals surface area contributed by atoms with Crippen molar-refractivity contribution < 1.29 is 9.53 Å². The van der Waals surface area contributed by atoms with E-state index >= 15 is 0 Å². The Hall–Kier alpha value is -2.62. The molecule has 0 aliphatic heterocycles. The molecule has 1 amide bonds. The Labute approximate surface area is 156 Å². The second-order valence-electron chi connectivity index (χ2n) is 6.51. The molecular weight excluding hydrogens is 324 g/mol. The Morgan fingerprint density at radius 3 is 2.50 bits per heavy atom. The lowest BCUT2D eigenvalue weighted by Crippen LogP contribution is -2.34. The van der Waals surface area contributed by atoms with Crippen molar-refractivity contribution in [1.82, 2.24) is 5.43 Å². The van der Waals surface area contributed by atoms with Crippen LogP contribution in [0.1, 0.15) is 49.8 Å². The number of nitrogens with zero attached hydrogens (tertiary/aromatic N) is 1. The van der Waals surface area contributed by atoms with Gasteiger partial charge in [0.2, 0.25) is 0 Å². The molecule has 1 atom stereocenters. The zero-order chi connectivity index (χ0) is 18.9. The lowest BCUT2D eigenvalue weighted by molar-refractivity contribution is -0.127. The quantitative estimate of drug-likeness (QED) is 0.549. The smallest absolute Gasteiger partial charge is 0.280 e. The van der Waals surface area contributed by atoms with Crippen LogP contribution in [0.4, 0.5) is 0 Å². The third kappa shape index (κ3) is 5.73. The van der Waals surface area contributed by atoms with Crippen LogP contribution in [0.2, 0.25) is 0 Å². The minimum Gasteiger partial charge on any atom is -0.481 e. The van der Waals surface area contributed by atoms with E-state index in [1.807, 2.05) is 62.4 Å². The first-order valence-corrected chi connectivity index (χ1v) is 9.17. The summed E-state index contributed by atoms with van der Waals surface area (Å²) < 4.78 is 5.75. The number of hydrazone groups is 1. The number of hydrogen-bond acceptors (Lipinski definition) is 3. The number of hydrogen-bond donors (Lipinski definition) is 1. The molecule has 1 N–H and O–H groups in total. The van der Waals surface area contributed by atoms with Crippen molar-refractivity contribution in [2.24, 2.45) is 5.10 Å². The molecule has 0 bridgehead atoms. The zero-order valence-corrected chi connectivity index (χ0v) is 16.1. The van der Waals surface area contributed by atoms with E-state index < -0.39 is 6.10 Å². The van der Waals surface area contributed by atoms with Gasteiger partial charge in [0.15, 0.2) is 6.10 Å². The Kier molecular flexibility index (Phi) is 7.39. The Bertz CT molecular complexity index is 754. The topological polar surface area (TPSA) is 50.7 Å². The highest BCUT2D eigenvalue weighted by Gasteiger charge is 2.15. The zero-order valence-electron chi connectivity index (χ0n) is 16.1. The van der Waals surface area contributed by atoms with E-state index in [4.69, 9.17) is 4.74 Å². The highest BCUT2D eigenvalue weighted by molar-refractivity contribution is 6.01. The maximum atomic E-state index is 12.4. The fourth-order valence-electron chi connectivity index (χ4n) is 2.50. The summed E-state index contributed by atoms with van der Waals surface area (Å²) in [5, 5.41) is 4.36. The number of rotatable bonds is 8. The molecule has 2 rings (SSSR count). The molecule has 0 heterocycles. The van der Waals surface area contributed by atoms with Gasteiger partial charge in [0.1, 0.15) is 5.75 Å². The Balaban J connectivity index is 2.03. The van der Waals surface area contributed by atoms with Crippen LogP contribution in [0, 0.1) is 13.8 Å². The predicted molar refractivity (Wildman–Crippen MR) is 107 cm³/mol. The largest absolute Gasteiger partial charge is 0.481 e. The first-order valence-electron chi connectivity index (χ1n) is 9.17. The van der Waals surface area contributed by atoms with Crippen molar-refractivity contribution in [3.8, 4) is 5.75 Å². The van der Waals surface area contributed by atoms with Gasteiger partial charge in [0.25, 0.3) is 5.91 Å². The Morgan fingerprint density at radius 2 is 1.85 bits per heavy atom. The molecule has 4 nitrogen and oxygen atoms in total. The van der Waals surface area contributed by atoms with Crippen LogP contribution in [0.15, 0.2) is 53.6 Å². The van der Waals surface area contributed by atoms with Crippen LogP contribution >= 0.6 is 0 Å². The van der Waals surface area contributed by atoms with E-state index in [0.29, 0.717) is 5.75 Å². The summed E-state index contributed by atoms with van der Waals surface area (Å²) in [4.78, 5) is 12.4. The average Bonchev–Trinajstić information content (AvgIpc) is 2.65. The third-order valence-electron chi connectivity index (χ3n) is 4.34. The number of benzene rings is 2. The van der Waals surface area contributed by atoms with E-state index in [-0.39, 0.29) is 5.91 Å². The van der Waals surface area contributed by atoms with Crippen molar-refractivity contribution in [3.63, 3.8) is 0 Å².